The summed E-state index contributed by atoms with van der Waals surface area (Å²) in [4.78, 5) is 14.6. The summed E-state index contributed by atoms with van der Waals surface area (Å²) >= 11 is 0. The Bertz CT molecular complexity index is 1600. The molecule has 4 heteroatoms. The molecule has 0 bridgehead atoms. The lowest BCUT2D eigenvalue weighted by Gasteiger charge is -2.71. The second kappa shape index (κ2) is 14.0. The van der Waals surface area contributed by atoms with Gasteiger partial charge in [-0.05, 0) is 122 Å². The maximum atomic E-state index is 14.6. The zero-order valence-corrected chi connectivity index (χ0v) is 33.9. The summed E-state index contributed by atoms with van der Waals surface area (Å²) in [6.07, 6.45) is 15.3. The normalized spacial score (nSPS) is 40.7. The molecule has 0 radical (unpaired) electrons. The van der Waals surface area contributed by atoms with Crippen LogP contribution >= 0.6 is 0 Å². The van der Waals surface area contributed by atoms with Crippen molar-refractivity contribution in [2.75, 3.05) is 6.54 Å². The summed E-state index contributed by atoms with van der Waals surface area (Å²) in [6, 6.07) is 21.3. The summed E-state index contributed by atoms with van der Waals surface area (Å²) < 4.78 is 13.8. The molecule has 7 rings (SSSR count). The molecule has 52 heavy (non-hydrogen) atoms. The van der Waals surface area contributed by atoms with Crippen molar-refractivity contribution in [3.05, 3.63) is 83.4 Å². The van der Waals surface area contributed by atoms with Crippen molar-refractivity contribution in [1.29, 1.82) is 0 Å². The van der Waals surface area contributed by atoms with Crippen molar-refractivity contribution < 1.29 is 14.3 Å². The van der Waals surface area contributed by atoms with Crippen LogP contribution in [0.25, 0.3) is 0 Å². The predicted molar refractivity (Wildman–Crippen MR) is 212 cm³/mol. The van der Waals surface area contributed by atoms with Gasteiger partial charge in [-0.3, -0.25) is 4.79 Å². The minimum absolute atomic E-state index is 0.0649. The smallest absolute Gasteiger partial charge is 0.228 e. The van der Waals surface area contributed by atoms with Crippen LogP contribution in [-0.2, 0) is 27.5 Å². The van der Waals surface area contributed by atoms with E-state index in [-0.39, 0.29) is 51.1 Å². The molecule has 1 N–H and O–H groups in total. The van der Waals surface area contributed by atoms with E-state index >= 15 is 0 Å². The topological polar surface area (TPSA) is 47.6 Å². The van der Waals surface area contributed by atoms with Crippen molar-refractivity contribution >= 4 is 5.91 Å². The Morgan fingerprint density at radius 1 is 0.731 bits per heavy atom. The highest BCUT2D eigenvalue weighted by Crippen LogP contribution is 2.76. The quantitative estimate of drug-likeness (QED) is 0.198. The summed E-state index contributed by atoms with van der Waals surface area (Å²) in [7, 11) is 0. The third-order valence-corrected chi connectivity index (χ3v) is 16.6. The third kappa shape index (κ3) is 6.15. The summed E-state index contributed by atoms with van der Waals surface area (Å²) in [5.41, 5.74) is 4.41. The predicted octanol–water partition coefficient (Wildman–Crippen LogP) is 11.5. The first-order chi connectivity index (χ1) is 24.7. The number of amides is 1. The fraction of sp³-hybridized carbons (Fsp3) is 0.688. The highest BCUT2D eigenvalue weighted by atomic mass is 16.5. The van der Waals surface area contributed by atoms with Crippen molar-refractivity contribution in [2.24, 2.45) is 50.2 Å². The Hall–Kier alpha value is -2.43. The van der Waals surface area contributed by atoms with E-state index in [1.807, 2.05) is 0 Å². The number of rotatable bonds is 10. The van der Waals surface area contributed by atoms with Gasteiger partial charge in [0.25, 0.3) is 0 Å². The molecular formula is C48H69NO3. The molecule has 0 saturated heterocycles. The van der Waals surface area contributed by atoms with Crippen molar-refractivity contribution in [2.45, 2.75) is 151 Å². The lowest BCUT2D eigenvalue weighted by atomic mass is 9.33. The van der Waals surface area contributed by atoms with Gasteiger partial charge in [-0.15, -0.1) is 0 Å². The minimum atomic E-state index is -0.566. The largest absolute Gasteiger partial charge is 0.373 e. The van der Waals surface area contributed by atoms with Crippen molar-refractivity contribution in [3.8, 4) is 0 Å². The maximum absolute atomic E-state index is 14.6. The van der Waals surface area contributed by atoms with Crippen LogP contribution in [-0.4, -0.2) is 24.7 Å². The molecule has 5 aliphatic carbocycles. The molecule has 10 atom stereocenters. The van der Waals surface area contributed by atoms with Gasteiger partial charge in [0.2, 0.25) is 5.91 Å². The molecule has 1 unspecified atom stereocenters. The summed E-state index contributed by atoms with van der Waals surface area (Å²) in [5, 5.41) is 3.43. The molecular weight excluding hydrogens is 639 g/mol. The number of nitrogens with one attached hydrogen (secondary N) is 1. The van der Waals surface area contributed by atoms with Gasteiger partial charge < -0.3 is 14.8 Å². The average Bonchev–Trinajstić information content (AvgIpc) is 3.12. The Labute approximate surface area is 316 Å². The van der Waals surface area contributed by atoms with Crippen LogP contribution < -0.4 is 5.32 Å². The molecule has 0 aromatic heterocycles. The molecule has 2 aromatic rings. The van der Waals surface area contributed by atoms with Gasteiger partial charge in [0, 0.05) is 12.0 Å². The van der Waals surface area contributed by atoms with Gasteiger partial charge in [-0.25, -0.2) is 0 Å². The lowest BCUT2D eigenvalue weighted by molar-refractivity contribution is -0.221. The molecule has 5 aliphatic rings. The molecule has 4 nitrogen and oxygen atoms in total. The zero-order chi connectivity index (χ0) is 37.0. The fourth-order valence-corrected chi connectivity index (χ4v) is 13.2. The first-order valence-corrected chi connectivity index (χ1v) is 21.0. The van der Waals surface area contributed by atoms with Crippen molar-refractivity contribution in [1.82, 2.24) is 5.32 Å². The number of benzene rings is 2. The third-order valence-electron chi connectivity index (χ3n) is 16.6. The molecule has 0 spiro atoms. The number of hydrogen-bond acceptors (Lipinski definition) is 3. The Morgan fingerprint density at radius 2 is 1.37 bits per heavy atom. The van der Waals surface area contributed by atoms with Gasteiger partial charge in [-0.1, -0.05) is 127 Å². The average molecular weight is 708 g/mol. The van der Waals surface area contributed by atoms with Crippen LogP contribution in [0.15, 0.2) is 72.3 Å². The molecule has 1 amide bonds. The van der Waals surface area contributed by atoms with Crippen molar-refractivity contribution in [3.63, 3.8) is 0 Å². The zero-order valence-electron chi connectivity index (χ0n) is 33.9. The van der Waals surface area contributed by atoms with E-state index < -0.39 is 5.41 Å². The van der Waals surface area contributed by atoms with Crippen LogP contribution in [0.4, 0.5) is 0 Å². The highest BCUT2D eigenvalue weighted by molar-refractivity contribution is 5.83. The van der Waals surface area contributed by atoms with Gasteiger partial charge in [0.05, 0.1) is 30.8 Å². The standard InChI is InChI=1S/C48H69NO3/c1-9-10-29-49-42(50)48(8)39-23-26-47(7)38(45(39,5)25-24-40(48)51-32-34-17-13-11-14-18-34)22-21-36-37-30-43(2,3)31-41(44(37,4)27-28-46(36,47)6)52-33-35-19-15-12-16-20-35/h11-21,37-41H,9-10,22-33H2,1-8H3,(H,49,50)/t37-,38-,39?,40+,41-,44-,45-,46-,47-,48+/m1/s1. The van der Waals surface area contributed by atoms with Crippen LogP contribution in [0.1, 0.15) is 137 Å². The van der Waals surface area contributed by atoms with Crippen LogP contribution in [0.5, 0.6) is 0 Å². The maximum Gasteiger partial charge on any atom is 0.228 e. The van der Waals surface area contributed by atoms with Gasteiger partial charge >= 0.3 is 0 Å². The summed E-state index contributed by atoms with van der Waals surface area (Å²) in [6.45, 7) is 22.0. The van der Waals surface area contributed by atoms with Crippen LogP contribution in [0.3, 0.4) is 0 Å². The molecule has 4 saturated carbocycles. The van der Waals surface area contributed by atoms with E-state index in [1.165, 1.54) is 36.8 Å². The van der Waals surface area contributed by atoms with Gasteiger partial charge in [-0.2, -0.15) is 0 Å². The van der Waals surface area contributed by atoms with E-state index in [0.717, 1.165) is 51.5 Å². The molecule has 0 heterocycles. The number of ether oxygens (including phenoxy) is 2. The van der Waals surface area contributed by atoms with Crippen LogP contribution in [0, 0.1) is 50.2 Å². The fourth-order valence-electron chi connectivity index (χ4n) is 13.2. The highest BCUT2D eigenvalue weighted by Gasteiger charge is 2.70. The second-order valence-electron chi connectivity index (χ2n) is 19.9. The van der Waals surface area contributed by atoms with Gasteiger partial charge in [0.1, 0.15) is 0 Å². The Balaban J connectivity index is 1.19. The van der Waals surface area contributed by atoms with E-state index in [9.17, 15) is 4.79 Å². The Morgan fingerprint density at radius 3 is 2.00 bits per heavy atom. The van der Waals surface area contributed by atoms with Gasteiger partial charge in [0.15, 0.2) is 0 Å². The number of carbonyl (C=O) groups is 1. The monoisotopic (exact) mass is 708 g/mol. The number of unbranched alkanes of at least 4 members (excludes halogenated alkanes) is 1. The van der Waals surface area contributed by atoms with E-state index in [4.69, 9.17) is 9.47 Å². The molecule has 4 fully saturated rings. The number of hydrogen-bond donors (Lipinski definition) is 1. The van der Waals surface area contributed by atoms with Crippen LogP contribution in [0.2, 0.25) is 0 Å². The first-order valence-electron chi connectivity index (χ1n) is 21.0. The van der Waals surface area contributed by atoms with E-state index in [2.05, 4.69) is 127 Å². The Kier molecular flexibility index (Phi) is 10.2. The number of fused-ring (bicyclic) bond motifs is 7. The molecule has 284 valence electrons. The van der Waals surface area contributed by atoms with E-state index in [1.54, 1.807) is 5.57 Å². The minimum Gasteiger partial charge on any atom is -0.373 e. The SMILES string of the molecule is CCCCNC(=O)[C@@]1(C)C2CC[C@]3(C)[C@H](CC=C4[C@H]5CC(C)(C)C[C@@H](OCc6ccccc6)[C@]5(C)CC[C@]43C)[C@@]2(C)CC[C@@H]1OCc1ccccc1. The second-order valence-corrected chi connectivity index (χ2v) is 19.9. The lowest BCUT2D eigenvalue weighted by Crippen LogP contribution is -2.67. The first kappa shape index (κ1) is 37.9. The number of allylic oxidation sites excluding steroid dienone is 2. The molecule has 2 aromatic carbocycles. The molecule has 0 aliphatic heterocycles. The number of carbonyl (C=O) groups excluding carboxylic acids is 1. The van der Waals surface area contributed by atoms with E-state index in [0.29, 0.717) is 25.0 Å². The summed E-state index contributed by atoms with van der Waals surface area (Å²) in [5.74, 6) is 1.58.